The zero-order chi connectivity index (χ0) is 19.8. The van der Waals surface area contributed by atoms with Crippen molar-refractivity contribution in [1.82, 2.24) is 5.32 Å². The van der Waals surface area contributed by atoms with Crippen LogP contribution in [-0.2, 0) is 9.59 Å². The molecule has 0 aliphatic heterocycles. The summed E-state index contributed by atoms with van der Waals surface area (Å²) in [4.78, 5) is 24.0. The number of carboxylic acids is 1. The van der Waals surface area contributed by atoms with E-state index in [1.54, 1.807) is 25.3 Å². The van der Waals surface area contributed by atoms with Crippen molar-refractivity contribution in [2.45, 2.75) is 57.9 Å². The first-order valence-electron chi connectivity index (χ1n) is 9.68. The van der Waals surface area contributed by atoms with Gasteiger partial charge in [0.05, 0.1) is 26.7 Å². The third-order valence-corrected chi connectivity index (χ3v) is 5.36. The zero-order valence-corrected chi connectivity index (χ0v) is 16.5. The highest BCUT2D eigenvalue weighted by Gasteiger charge is 2.25. The minimum absolute atomic E-state index is 0.0957. The maximum Gasteiger partial charge on any atom is 0.305 e. The second-order valence-corrected chi connectivity index (χ2v) is 7.41. The molecular weight excluding hydrogens is 346 g/mol. The summed E-state index contributed by atoms with van der Waals surface area (Å²) in [5, 5.41) is 12.2. The number of amides is 1. The number of aliphatic carboxylic acids is 1. The van der Waals surface area contributed by atoms with Crippen LogP contribution in [0.15, 0.2) is 18.2 Å². The highest BCUT2D eigenvalue weighted by Crippen LogP contribution is 2.32. The Kier molecular flexibility index (Phi) is 7.95. The lowest BCUT2D eigenvalue weighted by Crippen LogP contribution is -2.35. The number of nitrogens with one attached hydrogen (secondary N) is 1. The van der Waals surface area contributed by atoms with Gasteiger partial charge in [-0.15, -0.1) is 0 Å². The Balaban J connectivity index is 2.08. The molecule has 2 N–H and O–H groups in total. The first-order chi connectivity index (χ1) is 12.9. The lowest BCUT2D eigenvalue weighted by atomic mass is 9.83. The van der Waals surface area contributed by atoms with E-state index in [-0.39, 0.29) is 18.2 Å². The molecule has 1 aromatic rings. The molecule has 1 aromatic carbocycles. The third kappa shape index (κ3) is 6.15. The van der Waals surface area contributed by atoms with Gasteiger partial charge in [0.2, 0.25) is 5.91 Å². The molecule has 27 heavy (non-hydrogen) atoms. The van der Waals surface area contributed by atoms with E-state index in [0.717, 1.165) is 6.42 Å². The van der Waals surface area contributed by atoms with Gasteiger partial charge in [-0.2, -0.15) is 0 Å². The van der Waals surface area contributed by atoms with E-state index in [0.29, 0.717) is 23.0 Å². The summed E-state index contributed by atoms with van der Waals surface area (Å²) in [7, 11) is 3.07. The van der Waals surface area contributed by atoms with Crippen LogP contribution >= 0.6 is 0 Å². The smallest absolute Gasteiger partial charge is 0.305 e. The van der Waals surface area contributed by atoms with Crippen LogP contribution in [-0.4, -0.2) is 31.2 Å². The zero-order valence-electron chi connectivity index (χ0n) is 16.5. The molecule has 1 fully saturated rings. The van der Waals surface area contributed by atoms with Crippen molar-refractivity contribution in [1.29, 1.82) is 0 Å². The molecule has 0 bridgehead atoms. The van der Waals surface area contributed by atoms with Crippen LogP contribution in [0.1, 0.15) is 63.5 Å². The molecule has 2 rings (SSSR count). The van der Waals surface area contributed by atoms with Crippen molar-refractivity contribution in [2.75, 3.05) is 14.2 Å². The van der Waals surface area contributed by atoms with Gasteiger partial charge in [-0.1, -0.05) is 45.1 Å². The normalized spacial score (nSPS) is 17.0. The van der Waals surface area contributed by atoms with Gasteiger partial charge in [-0.05, 0) is 30.0 Å². The second kappa shape index (κ2) is 10.2. The molecule has 1 aliphatic carbocycles. The number of carbonyl (C=O) groups is 2. The van der Waals surface area contributed by atoms with Crippen LogP contribution in [0, 0.1) is 11.8 Å². The maximum absolute atomic E-state index is 12.7. The van der Waals surface area contributed by atoms with Crippen molar-refractivity contribution in [2.24, 2.45) is 11.8 Å². The van der Waals surface area contributed by atoms with Gasteiger partial charge in [0.1, 0.15) is 0 Å². The Bertz CT molecular complexity index is 639. The number of rotatable bonds is 9. The van der Waals surface area contributed by atoms with Crippen molar-refractivity contribution >= 4 is 11.9 Å². The maximum atomic E-state index is 12.7. The largest absolute Gasteiger partial charge is 0.493 e. The van der Waals surface area contributed by atoms with Crippen LogP contribution < -0.4 is 14.8 Å². The van der Waals surface area contributed by atoms with E-state index in [2.05, 4.69) is 5.32 Å². The number of ether oxygens (including phenoxy) is 2. The molecule has 0 aromatic heterocycles. The summed E-state index contributed by atoms with van der Waals surface area (Å²) in [5.74, 6) is 0.474. The van der Waals surface area contributed by atoms with Gasteiger partial charge < -0.3 is 19.9 Å². The van der Waals surface area contributed by atoms with Crippen molar-refractivity contribution in [3.8, 4) is 11.5 Å². The van der Waals surface area contributed by atoms with Crippen molar-refractivity contribution in [3.05, 3.63) is 23.8 Å². The summed E-state index contributed by atoms with van der Waals surface area (Å²) in [6.07, 6.45) is 6.82. The van der Waals surface area contributed by atoms with E-state index in [9.17, 15) is 14.7 Å². The molecule has 1 aliphatic rings. The minimum Gasteiger partial charge on any atom is -0.493 e. The Morgan fingerprint density at radius 2 is 1.81 bits per heavy atom. The summed E-state index contributed by atoms with van der Waals surface area (Å²) in [6, 6.07) is 4.60. The first kappa shape index (κ1) is 21.1. The Hall–Kier alpha value is -2.24. The predicted molar refractivity (Wildman–Crippen MR) is 103 cm³/mol. The molecule has 6 heteroatoms. The summed E-state index contributed by atoms with van der Waals surface area (Å²) in [5.41, 5.74) is 0.688. The van der Waals surface area contributed by atoms with Crippen LogP contribution in [0.2, 0.25) is 0 Å². The average molecular weight is 377 g/mol. The van der Waals surface area contributed by atoms with Gasteiger partial charge in [-0.25, -0.2) is 0 Å². The third-order valence-electron chi connectivity index (χ3n) is 5.36. The van der Waals surface area contributed by atoms with E-state index >= 15 is 0 Å². The molecule has 6 nitrogen and oxygen atoms in total. The SMILES string of the molecule is COc1ccc(C(CC(=O)O)NC(=O)C(C)CC2CCCCC2)cc1OC. The van der Waals surface area contributed by atoms with Gasteiger partial charge in [-0.3, -0.25) is 9.59 Å². The number of hydrogen-bond acceptors (Lipinski definition) is 4. The molecule has 0 spiro atoms. The number of hydrogen-bond donors (Lipinski definition) is 2. The number of carboxylic acid groups (broad SMARTS) is 1. The standard InChI is InChI=1S/C21H31NO5/c1-14(11-15-7-5-4-6-8-15)21(25)22-17(13-20(23)24)16-9-10-18(26-2)19(12-16)27-3/h9-10,12,14-15,17H,4-8,11,13H2,1-3H3,(H,22,25)(H,23,24). The Morgan fingerprint density at radius 1 is 1.15 bits per heavy atom. The fourth-order valence-electron chi connectivity index (χ4n) is 3.84. The lowest BCUT2D eigenvalue weighted by Gasteiger charge is -2.26. The summed E-state index contributed by atoms with van der Waals surface area (Å²) >= 11 is 0. The van der Waals surface area contributed by atoms with Crippen molar-refractivity contribution in [3.63, 3.8) is 0 Å². The number of benzene rings is 1. The van der Waals surface area contributed by atoms with E-state index in [4.69, 9.17) is 9.47 Å². The second-order valence-electron chi connectivity index (χ2n) is 7.41. The summed E-state index contributed by atoms with van der Waals surface area (Å²) < 4.78 is 10.5. The topological polar surface area (TPSA) is 84.9 Å². The van der Waals surface area contributed by atoms with Crippen LogP contribution in [0.25, 0.3) is 0 Å². The molecule has 0 radical (unpaired) electrons. The average Bonchev–Trinajstić information content (AvgIpc) is 2.67. The van der Waals surface area contributed by atoms with Crippen LogP contribution in [0.3, 0.4) is 0 Å². The molecule has 0 saturated heterocycles. The van der Waals surface area contributed by atoms with Crippen LogP contribution in [0.5, 0.6) is 11.5 Å². The van der Waals surface area contributed by atoms with Crippen LogP contribution in [0.4, 0.5) is 0 Å². The highest BCUT2D eigenvalue weighted by atomic mass is 16.5. The number of methoxy groups -OCH3 is 2. The van der Waals surface area contributed by atoms with E-state index < -0.39 is 12.0 Å². The molecule has 0 heterocycles. The molecule has 1 saturated carbocycles. The summed E-state index contributed by atoms with van der Waals surface area (Å²) in [6.45, 7) is 1.93. The Labute approximate surface area is 161 Å². The quantitative estimate of drug-likeness (QED) is 0.681. The predicted octanol–water partition coefficient (Wildman–Crippen LogP) is 3.94. The van der Waals surface area contributed by atoms with Gasteiger partial charge >= 0.3 is 5.97 Å². The van der Waals surface area contributed by atoms with Gasteiger partial charge in [0.25, 0.3) is 0 Å². The molecule has 1 amide bonds. The fraction of sp³-hybridized carbons (Fsp3) is 0.619. The van der Waals surface area contributed by atoms with E-state index in [1.807, 2.05) is 6.92 Å². The van der Waals surface area contributed by atoms with Gasteiger partial charge in [0.15, 0.2) is 11.5 Å². The fourth-order valence-corrected chi connectivity index (χ4v) is 3.84. The minimum atomic E-state index is -0.963. The molecule has 2 unspecified atom stereocenters. The molecule has 150 valence electrons. The Morgan fingerprint density at radius 3 is 2.41 bits per heavy atom. The lowest BCUT2D eigenvalue weighted by molar-refractivity contribution is -0.138. The molecular formula is C21H31NO5. The number of carbonyl (C=O) groups excluding carboxylic acids is 1. The first-order valence-corrected chi connectivity index (χ1v) is 9.68. The highest BCUT2D eigenvalue weighted by molar-refractivity contribution is 5.79. The van der Waals surface area contributed by atoms with E-state index in [1.165, 1.54) is 39.2 Å². The van der Waals surface area contributed by atoms with Crippen molar-refractivity contribution < 1.29 is 24.2 Å². The monoisotopic (exact) mass is 377 g/mol. The molecule has 2 atom stereocenters. The van der Waals surface area contributed by atoms with Gasteiger partial charge in [0, 0.05) is 5.92 Å².